The number of alkyl halides is 12. The first-order valence-electron chi connectivity index (χ1n) is 35.8. The molecule has 12 aromatic heterocycles. The quantitative estimate of drug-likeness (QED) is 0.0357. The number of pyridine rings is 4. The normalized spacial score (nSPS) is 14.6. The van der Waals surface area contributed by atoms with Gasteiger partial charge < -0.3 is 61.6 Å². The monoisotopic (exact) mass is 1780 g/mol. The average molecular weight is 1780 g/mol. The van der Waals surface area contributed by atoms with Gasteiger partial charge in [-0.15, -0.1) is 0 Å². The van der Waals surface area contributed by atoms with Gasteiger partial charge in [-0.1, -0.05) is 58.5 Å². The minimum absolute atomic E-state index is 0.107. The topological polar surface area (TPSA) is 365 Å². The third-order valence-electron chi connectivity index (χ3n) is 18.2. The molecular weight excluding hydrogens is 1720 g/mol. The van der Waals surface area contributed by atoms with Crippen LogP contribution in [-0.4, -0.2) is 191 Å². The van der Waals surface area contributed by atoms with E-state index in [1.165, 1.54) is 62.3 Å². The minimum Gasteiger partial charge on any atom is -0.356 e. The zero-order chi connectivity index (χ0) is 87.4. The summed E-state index contributed by atoms with van der Waals surface area (Å²) in [6.07, 6.45) is -1.35. The van der Waals surface area contributed by atoms with Crippen LogP contribution in [0.4, 0.5) is 89.1 Å². The number of H-pyrrole nitrogens is 4. The second kappa shape index (κ2) is 35.6. The Bertz CT molecular complexity index is 5850. The van der Waals surface area contributed by atoms with Crippen LogP contribution in [0.2, 0.25) is 20.1 Å². The van der Waals surface area contributed by atoms with Gasteiger partial charge in [0.2, 0.25) is 23.6 Å². The molecule has 2 atom stereocenters. The van der Waals surface area contributed by atoms with Crippen molar-refractivity contribution >= 4 is 148 Å². The van der Waals surface area contributed by atoms with Crippen molar-refractivity contribution in [2.24, 2.45) is 0 Å². The lowest BCUT2D eigenvalue weighted by Crippen LogP contribution is -2.50. The van der Waals surface area contributed by atoms with Crippen LogP contribution >= 0.6 is 46.4 Å². The van der Waals surface area contributed by atoms with E-state index in [9.17, 15) is 85.0 Å². The Labute approximate surface area is 691 Å². The summed E-state index contributed by atoms with van der Waals surface area (Å²) in [6.45, 7) is 0.290. The first-order chi connectivity index (χ1) is 56.9. The van der Waals surface area contributed by atoms with Gasteiger partial charge in [0.1, 0.15) is 77.7 Å². The predicted octanol–water partition coefficient (Wildman–Crippen LogP) is 15.3. The number of hydrogen-bond donors (Lipinski definition) is 10. The predicted molar refractivity (Wildman–Crippen MR) is 418 cm³/mol. The minimum atomic E-state index is -4.57. The van der Waals surface area contributed by atoms with Crippen molar-refractivity contribution < 1.29 is 85.0 Å². The maximum atomic E-state index is 14.5. The van der Waals surface area contributed by atoms with Crippen molar-refractivity contribution in [3.05, 3.63) is 154 Å². The van der Waals surface area contributed by atoms with Crippen molar-refractivity contribution in [1.29, 1.82) is 0 Å². The van der Waals surface area contributed by atoms with E-state index in [4.69, 9.17) is 46.4 Å². The molecule has 28 nitrogen and oxygen atoms in total. The van der Waals surface area contributed by atoms with E-state index in [1.54, 1.807) is 78.6 Å². The molecule has 0 spiro atoms. The molecule has 0 aliphatic carbocycles. The average Bonchev–Trinajstić information content (AvgIpc) is 1.71. The lowest BCUT2D eigenvalue weighted by atomic mass is 10.0. The van der Waals surface area contributed by atoms with Crippen LogP contribution in [0.5, 0.6) is 0 Å². The van der Waals surface area contributed by atoms with Crippen LogP contribution in [0.15, 0.2) is 117 Å². The zero-order valence-corrected chi connectivity index (χ0v) is 65.8. The van der Waals surface area contributed by atoms with Gasteiger partial charge in [-0.2, -0.15) is 52.7 Å². The van der Waals surface area contributed by atoms with Gasteiger partial charge in [-0.3, -0.25) is 19.2 Å². The largest absolute Gasteiger partial charge is 0.405 e. The molecule has 2 saturated heterocycles. The van der Waals surface area contributed by atoms with Crippen molar-refractivity contribution in [2.75, 3.05) is 59.7 Å². The SMILES string of the molecule is CC(C)(Nc1nc(-c2c[nH]c3ncc(Cl)cc23)nc2ccccc12)C(=O)NCC(F)(F)F.CC(C)(Nc1nc(-c2c[nH]c3ncc(Cl)cc23)ncc1F)C(=O)NCC(F)(F)F.O=C(NCC(F)(F)F)[C@@H]1CCCN1c1nc(-c2c[nH]c3ncc(Cl)cc23)ncc1F.O=C(NCC(F)(F)F)[C@H]1CCCN1c1nc(-c2c[nH]c3ncc(Cl)cc23)ncc1F. The van der Waals surface area contributed by atoms with Crippen LogP contribution < -0.4 is 41.7 Å². The van der Waals surface area contributed by atoms with E-state index in [0.29, 0.717) is 122 Å². The molecule has 14 heterocycles. The number of halogens is 19. The molecule has 47 heteroatoms. The number of carbonyl (C=O) groups is 4. The number of aromatic amines is 4. The van der Waals surface area contributed by atoms with E-state index in [2.05, 4.69) is 90.4 Å². The van der Waals surface area contributed by atoms with E-state index in [-0.39, 0.29) is 60.9 Å². The summed E-state index contributed by atoms with van der Waals surface area (Å²) in [6, 6.07) is 11.9. The fraction of sp³-hybridized carbons (Fsp3) is 0.297. The highest BCUT2D eigenvalue weighted by molar-refractivity contribution is 6.32. The molecule has 10 N–H and O–H groups in total. The van der Waals surface area contributed by atoms with Gasteiger partial charge in [-0.25, -0.2) is 73.0 Å². The standard InChI is InChI=1S/C21H18ClF3N6O.2C18H15ClF4N6O.C17H15ClF4N6O/c1-20(2,19(32)28-10-21(23,24)25)31-18-12-5-3-4-6-15(12)29-17(30-18)14-9-27-16-13(14)7-11(22)8-26-16;2*19-9-4-10-11(6-25-14(10)24-5-9)15-26-7-12(20)16(28-15)29-3-1-2-13(29)17(30)27-8-18(21,22)23;1-16(2,15(29)26-7-17(20,21)22)28-14-11(19)6-25-13(27-14)10-5-24-12-9(10)3-8(18)4-23-12/h3-9H,10H2,1-2H3,(H,26,27)(H,28,32)(H,29,30,31);2*4-7,13H,1-3,8H2,(H,24,25)(H,27,30);3-6H,7H2,1-2H3,(H,23,24)(H,26,29)(H,25,27,28)/t;2*13-;/m.10./s1. The van der Waals surface area contributed by atoms with E-state index < -0.39 is 115 Å². The number of nitrogens with one attached hydrogen (secondary N) is 10. The van der Waals surface area contributed by atoms with E-state index in [0.717, 1.165) is 18.6 Å². The van der Waals surface area contributed by atoms with Crippen molar-refractivity contribution in [2.45, 2.75) is 101 Å². The third kappa shape index (κ3) is 21.7. The van der Waals surface area contributed by atoms with Gasteiger partial charge >= 0.3 is 24.7 Å². The van der Waals surface area contributed by atoms with Crippen molar-refractivity contribution in [3.8, 4) is 45.6 Å². The number of amides is 4. The number of rotatable bonds is 18. The fourth-order valence-corrected chi connectivity index (χ4v) is 13.2. The number of para-hydroxylation sites is 1. The molecule has 0 saturated carbocycles. The number of fused-ring (bicyclic) bond motifs is 5. The summed E-state index contributed by atoms with van der Waals surface area (Å²) in [4.78, 5) is 114. The number of nitrogens with zero attached hydrogens (tertiary/aromatic N) is 14. The van der Waals surface area contributed by atoms with Crippen LogP contribution in [0.25, 0.3) is 101 Å². The molecule has 4 amide bonds. The Morgan fingerprint density at radius 1 is 0.405 bits per heavy atom. The fourth-order valence-electron chi connectivity index (χ4n) is 12.6. The van der Waals surface area contributed by atoms with Gasteiger partial charge in [-0.05, 0) is 89.8 Å². The maximum absolute atomic E-state index is 14.5. The molecule has 2 aliphatic heterocycles. The molecule has 2 fully saturated rings. The Morgan fingerprint density at radius 3 is 1.10 bits per heavy atom. The van der Waals surface area contributed by atoms with Crippen LogP contribution in [0, 0.1) is 17.5 Å². The Morgan fingerprint density at radius 2 is 0.727 bits per heavy atom. The summed E-state index contributed by atoms with van der Waals surface area (Å²) >= 11 is 24.1. The Balaban J connectivity index is 0.000000148. The highest BCUT2D eigenvalue weighted by atomic mass is 35.5. The van der Waals surface area contributed by atoms with Crippen molar-refractivity contribution in [1.82, 2.24) is 101 Å². The van der Waals surface area contributed by atoms with Gasteiger partial charge in [0, 0.05) is 112 Å². The lowest BCUT2D eigenvalue weighted by molar-refractivity contribution is -0.140. The summed E-state index contributed by atoms with van der Waals surface area (Å²) in [5.74, 6) is -5.40. The molecule has 1 aromatic carbocycles. The Kier molecular flexibility index (Phi) is 25.9. The van der Waals surface area contributed by atoms with Crippen molar-refractivity contribution in [3.63, 3.8) is 0 Å². The zero-order valence-electron chi connectivity index (χ0n) is 62.8. The van der Waals surface area contributed by atoms with Crippen LogP contribution in [-0.2, 0) is 19.2 Å². The molecule has 0 radical (unpaired) electrons. The number of aromatic nitrogens is 16. The first kappa shape index (κ1) is 88.0. The molecule has 15 rings (SSSR count). The maximum Gasteiger partial charge on any atom is 0.405 e. The van der Waals surface area contributed by atoms with Crippen LogP contribution in [0.1, 0.15) is 53.4 Å². The number of carbonyl (C=O) groups excluding carboxylic acids is 4. The molecule has 0 unspecified atom stereocenters. The van der Waals surface area contributed by atoms with E-state index in [1.807, 2.05) is 16.0 Å². The van der Waals surface area contributed by atoms with Gasteiger partial charge in [0.05, 0.1) is 44.2 Å². The third-order valence-corrected chi connectivity index (χ3v) is 19.1. The first-order valence-corrected chi connectivity index (χ1v) is 37.3. The number of benzene rings is 1. The summed E-state index contributed by atoms with van der Waals surface area (Å²) in [5.41, 5.74) is 1.99. The molecule has 636 valence electrons. The van der Waals surface area contributed by atoms with Gasteiger partial charge in [0.15, 0.2) is 58.2 Å². The molecule has 2 aliphatic rings. The van der Waals surface area contributed by atoms with Gasteiger partial charge in [0.25, 0.3) is 0 Å². The number of anilines is 4. The molecular formula is C74H63Cl4F15N24O4. The highest BCUT2D eigenvalue weighted by Crippen LogP contribution is 2.38. The summed E-state index contributed by atoms with van der Waals surface area (Å²) in [5, 5.41) is 17.7. The second-order valence-electron chi connectivity index (χ2n) is 28.0. The molecule has 121 heavy (non-hydrogen) atoms. The summed E-state index contributed by atoms with van der Waals surface area (Å²) < 4.78 is 192. The Hall–Kier alpha value is -12.3. The van der Waals surface area contributed by atoms with Crippen LogP contribution in [0.3, 0.4) is 0 Å². The summed E-state index contributed by atoms with van der Waals surface area (Å²) in [7, 11) is 0. The highest BCUT2D eigenvalue weighted by Gasteiger charge is 2.40. The molecule has 0 bridgehead atoms. The smallest absolute Gasteiger partial charge is 0.356 e. The van der Waals surface area contributed by atoms with E-state index >= 15 is 0 Å². The number of hydrogen-bond acceptors (Lipinski definition) is 20. The lowest BCUT2D eigenvalue weighted by Gasteiger charge is -2.26. The second-order valence-corrected chi connectivity index (χ2v) is 29.8. The molecule has 13 aromatic rings.